The molecule has 1 aromatic carbocycles. The number of carbonyl (C=O) groups excluding carboxylic acids is 1. The van der Waals surface area contributed by atoms with Crippen molar-refractivity contribution in [3.63, 3.8) is 0 Å². The van der Waals surface area contributed by atoms with Gasteiger partial charge in [-0.2, -0.15) is 0 Å². The Morgan fingerprint density at radius 1 is 1.20 bits per heavy atom. The Hall–Kier alpha value is -2.03. The molecule has 1 N–H and O–H groups in total. The lowest BCUT2D eigenvalue weighted by Gasteiger charge is -2.17. The minimum atomic E-state index is 0.0771. The highest BCUT2D eigenvalue weighted by Gasteiger charge is 2.26. The van der Waals surface area contributed by atoms with Crippen molar-refractivity contribution in [3.05, 3.63) is 57.9 Å². The summed E-state index contributed by atoms with van der Waals surface area (Å²) < 4.78 is 2.29. The van der Waals surface area contributed by atoms with E-state index in [4.69, 9.17) is 0 Å². The Labute approximate surface area is 151 Å². The Kier molecular flexibility index (Phi) is 5.31. The van der Waals surface area contributed by atoms with Crippen molar-refractivity contribution < 1.29 is 4.79 Å². The van der Waals surface area contributed by atoms with E-state index in [1.807, 2.05) is 0 Å². The number of carbonyl (C=O) groups is 1. The van der Waals surface area contributed by atoms with Crippen LogP contribution in [-0.2, 0) is 19.4 Å². The van der Waals surface area contributed by atoms with E-state index in [0.717, 1.165) is 31.6 Å². The molecule has 0 radical (unpaired) electrons. The minimum absolute atomic E-state index is 0.0771. The molecule has 0 saturated carbocycles. The zero-order valence-electron chi connectivity index (χ0n) is 16.0. The molecule has 0 bridgehead atoms. The summed E-state index contributed by atoms with van der Waals surface area (Å²) >= 11 is 0. The first-order chi connectivity index (χ1) is 12.0. The third-order valence-electron chi connectivity index (χ3n) is 5.15. The molecule has 3 nitrogen and oxygen atoms in total. The van der Waals surface area contributed by atoms with Crippen LogP contribution in [0.5, 0.6) is 0 Å². The van der Waals surface area contributed by atoms with Gasteiger partial charge in [-0.25, -0.2) is 0 Å². The molecule has 0 saturated heterocycles. The van der Waals surface area contributed by atoms with E-state index < -0.39 is 0 Å². The van der Waals surface area contributed by atoms with Gasteiger partial charge >= 0.3 is 0 Å². The van der Waals surface area contributed by atoms with Gasteiger partial charge in [0.05, 0.1) is 0 Å². The Morgan fingerprint density at radius 3 is 2.68 bits per heavy atom. The normalized spacial score (nSPS) is 13.8. The summed E-state index contributed by atoms with van der Waals surface area (Å²) in [4.78, 5) is 12.9. The van der Waals surface area contributed by atoms with Crippen LogP contribution in [0.25, 0.3) is 0 Å². The van der Waals surface area contributed by atoms with Crippen molar-refractivity contribution in [1.29, 1.82) is 0 Å². The summed E-state index contributed by atoms with van der Waals surface area (Å²) in [6.07, 6.45) is 4.64. The first-order valence-electron chi connectivity index (χ1n) is 9.52. The van der Waals surface area contributed by atoms with Crippen molar-refractivity contribution in [1.82, 2.24) is 9.88 Å². The number of nitrogens with zero attached hydrogens (tertiary/aromatic N) is 1. The maximum absolute atomic E-state index is 12.9. The maximum atomic E-state index is 12.9. The highest BCUT2D eigenvalue weighted by molar-refractivity contribution is 5.95. The number of nitrogens with one attached hydrogen (secondary N) is 1. The fraction of sp³-hybridized carbons (Fsp3) is 0.500. The Morgan fingerprint density at radius 2 is 1.96 bits per heavy atom. The molecule has 0 fully saturated rings. The monoisotopic (exact) mass is 338 g/mol. The molecular weight excluding hydrogens is 308 g/mol. The first kappa shape index (κ1) is 17.8. The van der Waals surface area contributed by atoms with E-state index in [-0.39, 0.29) is 5.91 Å². The van der Waals surface area contributed by atoms with Crippen LogP contribution in [0.2, 0.25) is 0 Å². The second-order valence-corrected chi connectivity index (χ2v) is 7.79. The molecule has 0 atom stereocenters. The number of benzene rings is 1. The van der Waals surface area contributed by atoms with E-state index in [2.05, 4.69) is 61.8 Å². The van der Waals surface area contributed by atoms with Crippen LogP contribution in [-0.4, -0.2) is 17.0 Å². The summed E-state index contributed by atoms with van der Waals surface area (Å²) in [6.45, 7) is 10.0. The molecule has 0 unspecified atom stereocenters. The highest BCUT2D eigenvalue weighted by Crippen LogP contribution is 2.30. The second kappa shape index (κ2) is 7.47. The summed E-state index contributed by atoms with van der Waals surface area (Å²) in [7, 11) is 0. The van der Waals surface area contributed by atoms with Crippen LogP contribution < -0.4 is 5.32 Å². The van der Waals surface area contributed by atoms with Crippen LogP contribution in [0.1, 0.15) is 65.1 Å². The third-order valence-corrected chi connectivity index (χ3v) is 5.15. The maximum Gasteiger partial charge on any atom is 0.268 e. The standard InChI is InChI=1S/C22H30N2O/c1-15(2)13-23-22(25)21-17(4)19-10-5-6-11-20(19)24(21)14-18-9-7-8-16(3)12-18/h7-9,12,15H,5-6,10-11,13-14H2,1-4H3,(H,23,25). The number of amides is 1. The van der Waals surface area contributed by atoms with Crippen LogP contribution in [0, 0.1) is 19.8 Å². The van der Waals surface area contributed by atoms with Crippen molar-refractivity contribution in [3.8, 4) is 0 Å². The smallest absolute Gasteiger partial charge is 0.268 e. The molecule has 134 valence electrons. The van der Waals surface area contributed by atoms with E-state index >= 15 is 0 Å². The van der Waals surface area contributed by atoms with Gasteiger partial charge in [0.2, 0.25) is 0 Å². The van der Waals surface area contributed by atoms with Crippen LogP contribution in [0.3, 0.4) is 0 Å². The molecule has 1 heterocycles. The molecule has 1 aliphatic carbocycles. The largest absolute Gasteiger partial charge is 0.350 e. The number of aryl methyl sites for hydroxylation is 1. The second-order valence-electron chi connectivity index (χ2n) is 7.79. The van der Waals surface area contributed by atoms with Crippen LogP contribution in [0.15, 0.2) is 24.3 Å². The van der Waals surface area contributed by atoms with Crippen molar-refractivity contribution in [2.45, 2.75) is 59.9 Å². The molecule has 0 spiro atoms. The van der Waals surface area contributed by atoms with Gasteiger partial charge in [-0.05, 0) is 62.1 Å². The molecule has 0 aliphatic heterocycles. The molecule has 3 rings (SSSR count). The predicted molar refractivity (Wildman–Crippen MR) is 103 cm³/mol. The van der Waals surface area contributed by atoms with Gasteiger partial charge in [0.15, 0.2) is 0 Å². The third kappa shape index (κ3) is 3.81. The topological polar surface area (TPSA) is 34.0 Å². The molecule has 1 aliphatic rings. The van der Waals surface area contributed by atoms with Gasteiger partial charge in [-0.3, -0.25) is 4.79 Å². The zero-order chi connectivity index (χ0) is 18.0. The first-order valence-corrected chi connectivity index (χ1v) is 9.52. The average Bonchev–Trinajstić information content (AvgIpc) is 2.85. The molecular formula is C22H30N2O. The van der Waals surface area contributed by atoms with Crippen LogP contribution >= 0.6 is 0 Å². The quantitative estimate of drug-likeness (QED) is 0.860. The molecule has 1 amide bonds. The number of rotatable bonds is 5. The lowest BCUT2D eigenvalue weighted by molar-refractivity contribution is 0.0939. The van der Waals surface area contributed by atoms with Crippen molar-refractivity contribution in [2.75, 3.05) is 6.54 Å². The van der Waals surface area contributed by atoms with Gasteiger partial charge in [0, 0.05) is 18.8 Å². The number of aromatic nitrogens is 1. The summed E-state index contributed by atoms with van der Waals surface area (Å²) in [6, 6.07) is 8.61. The minimum Gasteiger partial charge on any atom is -0.350 e. The lowest BCUT2D eigenvalue weighted by Crippen LogP contribution is -2.30. The van der Waals surface area contributed by atoms with E-state index in [1.54, 1.807) is 0 Å². The molecule has 2 aromatic rings. The van der Waals surface area contributed by atoms with Gasteiger partial charge in [-0.15, -0.1) is 0 Å². The SMILES string of the molecule is Cc1cccc(Cn2c3c(c(C)c2C(=O)NCC(C)C)CCCC3)c1. The summed E-state index contributed by atoms with van der Waals surface area (Å²) in [5.41, 5.74) is 7.37. The number of fused-ring (bicyclic) bond motifs is 1. The average molecular weight is 338 g/mol. The summed E-state index contributed by atoms with van der Waals surface area (Å²) in [5.74, 6) is 0.535. The number of hydrogen-bond acceptors (Lipinski definition) is 1. The van der Waals surface area contributed by atoms with E-state index in [9.17, 15) is 4.79 Å². The molecule has 1 aromatic heterocycles. The van der Waals surface area contributed by atoms with Crippen molar-refractivity contribution >= 4 is 5.91 Å². The predicted octanol–water partition coefficient (Wildman–Crippen LogP) is 4.42. The number of hydrogen-bond donors (Lipinski definition) is 1. The zero-order valence-corrected chi connectivity index (χ0v) is 16.0. The van der Waals surface area contributed by atoms with Crippen molar-refractivity contribution in [2.24, 2.45) is 5.92 Å². The Balaban J connectivity index is 2.00. The summed E-state index contributed by atoms with van der Waals surface area (Å²) in [5, 5.41) is 3.13. The van der Waals surface area contributed by atoms with Crippen LogP contribution in [0.4, 0.5) is 0 Å². The fourth-order valence-electron chi connectivity index (χ4n) is 3.91. The Bertz CT molecular complexity index is 771. The van der Waals surface area contributed by atoms with Gasteiger partial charge in [0.1, 0.15) is 5.69 Å². The molecule has 25 heavy (non-hydrogen) atoms. The van der Waals surface area contributed by atoms with Gasteiger partial charge in [0.25, 0.3) is 5.91 Å². The lowest BCUT2D eigenvalue weighted by atomic mass is 9.95. The van der Waals surface area contributed by atoms with E-state index in [0.29, 0.717) is 5.92 Å². The van der Waals surface area contributed by atoms with Gasteiger partial charge in [-0.1, -0.05) is 43.7 Å². The van der Waals surface area contributed by atoms with E-state index in [1.165, 1.54) is 40.8 Å². The fourth-order valence-corrected chi connectivity index (χ4v) is 3.91. The highest BCUT2D eigenvalue weighted by atomic mass is 16.1. The van der Waals surface area contributed by atoms with Gasteiger partial charge < -0.3 is 9.88 Å². The molecule has 3 heteroatoms.